The van der Waals surface area contributed by atoms with E-state index in [1.54, 1.807) is 6.92 Å². The summed E-state index contributed by atoms with van der Waals surface area (Å²) in [7, 11) is 0. The van der Waals surface area contributed by atoms with Crippen LogP contribution in [0, 0.1) is 50.7 Å². The molecule has 5 saturated carbocycles. The van der Waals surface area contributed by atoms with E-state index in [4.69, 9.17) is 37.9 Å². The van der Waals surface area contributed by atoms with Crippen LogP contribution in [-0.4, -0.2) is 221 Å². The van der Waals surface area contributed by atoms with E-state index in [0.717, 1.165) is 56.9 Å². The van der Waals surface area contributed by atoms with E-state index in [1.165, 1.54) is 13.3 Å². The second-order valence-corrected chi connectivity index (χ2v) is 25.6. The fraction of sp³-hybridized carbons (Fsp3) is 0.963. The van der Waals surface area contributed by atoms with Gasteiger partial charge in [-0.2, -0.15) is 0 Å². The van der Waals surface area contributed by atoms with Gasteiger partial charge in [0.05, 0.1) is 44.2 Å². The van der Waals surface area contributed by atoms with Crippen LogP contribution in [0.3, 0.4) is 0 Å². The van der Waals surface area contributed by atoms with Crippen LogP contribution < -0.4 is 0 Å². The van der Waals surface area contributed by atoms with Gasteiger partial charge in [0.15, 0.2) is 25.2 Å². The largest absolute Gasteiger partial charge is 0.394 e. The molecule has 4 heterocycles. The quantitative estimate of drug-likeness (QED) is 0.0724. The lowest BCUT2D eigenvalue weighted by Gasteiger charge is -2.63. The lowest BCUT2D eigenvalue weighted by molar-refractivity contribution is -0.391. The molecular formula is C54H90O21. The highest BCUT2D eigenvalue weighted by Crippen LogP contribution is 2.89. The lowest BCUT2D eigenvalue weighted by atomic mass is 9.41. The number of aliphatic hydroxyl groups excluding tert-OH is 13. The van der Waals surface area contributed by atoms with Gasteiger partial charge in [-0.3, -0.25) is 0 Å². The van der Waals surface area contributed by atoms with Gasteiger partial charge in [-0.1, -0.05) is 46.3 Å². The molecule has 21 nitrogen and oxygen atoms in total. The highest BCUT2D eigenvalue weighted by atomic mass is 16.8. The van der Waals surface area contributed by atoms with Crippen molar-refractivity contribution >= 4 is 0 Å². The first-order valence-electron chi connectivity index (χ1n) is 27.8. The standard InChI is InChI=1S/C54H90O21/c1-23(19-55)9-10-28(57)24(2)27-13-15-52(8)32-12-11-31-50(5,6)33(14-16-53(31)22-54(32,53)18-17-51(27,52)7)73-47-43(67)40(64)44(26(4)70-47)74-49-45(75-48-42(66)37(61)34(58)25(3)69-48)39(63)36(60)30(72-49)21-68-46-41(65)38(62)35(59)29(20-56)71-46/h9,24-49,55-67H,10-22H2,1-8H3/b23-9-/t24-,25-,26+,27+,28-,29+,30+,31+,32+,33-,34-,35+,36+,37+,38-,39-,40+,41+,42+,43+,44-,45+,46+,47-,48+,49-,51+,52-,53+,54-/m0/s1. The summed E-state index contributed by atoms with van der Waals surface area (Å²) in [6.45, 7) is 15.3. The van der Waals surface area contributed by atoms with Gasteiger partial charge < -0.3 is 104 Å². The average Bonchev–Trinajstić information content (AvgIpc) is 4.20. The molecule has 0 amide bonds. The van der Waals surface area contributed by atoms with Crippen molar-refractivity contribution in [3.8, 4) is 0 Å². The summed E-state index contributed by atoms with van der Waals surface area (Å²) in [6, 6.07) is 0. The average molecular weight is 1080 g/mol. The van der Waals surface area contributed by atoms with E-state index >= 15 is 0 Å². The molecule has 5 aliphatic carbocycles. The third kappa shape index (κ3) is 9.65. The first-order chi connectivity index (χ1) is 35.2. The summed E-state index contributed by atoms with van der Waals surface area (Å²) >= 11 is 0. The third-order valence-corrected chi connectivity index (χ3v) is 21.7. The molecule has 0 aromatic rings. The Morgan fingerprint density at radius 2 is 1.15 bits per heavy atom. The predicted octanol–water partition coefficient (Wildman–Crippen LogP) is -0.536. The lowest BCUT2D eigenvalue weighted by Crippen LogP contribution is -2.67. The third-order valence-electron chi connectivity index (χ3n) is 21.7. The molecule has 0 unspecified atom stereocenters. The zero-order chi connectivity index (χ0) is 54.6. The van der Waals surface area contributed by atoms with Crippen LogP contribution in [0.4, 0.5) is 0 Å². The Bertz CT molecular complexity index is 2000. The fourth-order valence-electron chi connectivity index (χ4n) is 16.9. The molecule has 0 bridgehead atoms. The number of ether oxygens (including phenoxy) is 8. The summed E-state index contributed by atoms with van der Waals surface area (Å²) in [5.74, 6) is 1.47. The van der Waals surface area contributed by atoms with Crippen molar-refractivity contribution in [3.63, 3.8) is 0 Å². The van der Waals surface area contributed by atoms with Gasteiger partial charge in [0.25, 0.3) is 0 Å². The zero-order valence-electron chi connectivity index (χ0n) is 44.9. The van der Waals surface area contributed by atoms with E-state index in [9.17, 15) is 66.4 Å². The van der Waals surface area contributed by atoms with Gasteiger partial charge in [0, 0.05) is 0 Å². The maximum atomic E-state index is 11.9. The van der Waals surface area contributed by atoms with Gasteiger partial charge in [-0.05, 0) is 136 Å². The second-order valence-electron chi connectivity index (χ2n) is 25.6. The first kappa shape index (κ1) is 58.6. The maximum absolute atomic E-state index is 11.9. The minimum atomic E-state index is -1.92. The van der Waals surface area contributed by atoms with E-state index in [0.29, 0.717) is 24.2 Å². The van der Waals surface area contributed by atoms with Crippen molar-refractivity contribution in [1.82, 2.24) is 0 Å². The van der Waals surface area contributed by atoms with Gasteiger partial charge in [0.2, 0.25) is 0 Å². The summed E-state index contributed by atoms with van der Waals surface area (Å²) in [6.07, 6.45) is -20.5. The molecule has 9 rings (SSSR count). The minimum absolute atomic E-state index is 0.00298. The van der Waals surface area contributed by atoms with Crippen LogP contribution in [0.1, 0.15) is 120 Å². The fourth-order valence-corrected chi connectivity index (χ4v) is 16.9. The van der Waals surface area contributed by atoms with Crippen molar-refractivity contribution in [2.75, 3.05) is 19.8 Å². The molecule has 9 fully saturated rings. The number of hydrogen-bond acceptors (Lipinski definition) is 21. The van der Waals surface area contributed by atoms with Crippen LogP contribution in [0.15, 0.2) is 11.6 Å². The topological polar surface area (TPSA) is 337 Å². The smallest absolute Gasteiger partial charge is 0.187 e. The molecule has 2 spiro atoms. The molecular weight excluding hydrogens is 985 g/mol. The summed E-state index contributed by atoms with van der Waals surface area (Å²) < 4.78 is 48.3. The Morgan fingerprint density at radius 1 is 0.573 bits per heavy atom. The molecule has 75 heavy (non-hydrogen) atoms. The summed E-state index contributed by atoms with van der Waals surface area (Å²) in [5.41, 5.74) is 1.19. The molecule has 30 atom stereocenters. The minimum Gasteiger partial charge on any atom is -0.394 e. The van der Waals surface area contributed by atoms with Crippen molar-refractivity contribution in [3.05, 3.63) is 11.6 Å². The zero-order valence-corrected chi connectivity index (χ0v) is 44.9. The van der Waals surface area contributed by atoms with Crippen molar-refractivity contribution in [2.45, 2.75) is 255 Å². The highest BCUT2D eigenvalue weighted by Gasteiger charge is 2.82. The van der Waals surface area contributed by atoms with Gasteiger partial charge in [-0.25, -0.2) is 0 Å². The molecule has 0 radical (unpaired) electrons. The molecule has 4 saturated heterocycles. The van der Waals surface area contributed by atoms with E-state index in [-0.39, 0.29) is 45.7 Å². The van der Waals surface area contributed by atoms with Gasteiger partial charge in [-0.15, -0.1) is 0 Å². The van der Waals surface area contributed by atoms with Crippen LogP contribution in [0.5, 0.6) is 0 Å². The Hall–Kier alpha value is -1.10. The summed E-state index contributed by atoms with van der Waals surface area (Å²) in [4.78, 5) is 0. The number of rotatable bonds is 15. The number of hydrogen-bond donors (Lipinski definition) is 13. The van der Waals surface area contributed by atoms with E-state index in [1.807, 2.05) is 13.0 Å². The van der Waals surface area contributed by atoms with E-state index < -0.39 is 142 Å². The molecule has 21 heteroatoms. The predicted molar refractivity (Wildman–Crippen MR) is 261 cm³/mol. The molecule has 0 aromatic carbocycles. The highest BCUT2D eigenvalue weighted by molar-refractivity contribution is 5.31. The molecule has 13 N–H and O–H groups in total. The normalized spacial score (nSPS) is 54.5. The first-order valence-corrected chi connectivity index (χ1v) is 27.8. The summed E-state index contributed by atoms with van der Waals surface area (Å²) in [5, 5.41) is 140. The Kier molecular flexibility index (Phi) is 16.9. The van der Waals surface area contributed by atoms with E-state index in [2.05, 4.69) is 34.6 Å². The monoisotopic (exact) mass is 1070 g/mol. The Balaban J connectivity index is 0.871. The Morgan fingerprint density at radius 3 is 1.84 bits per heavy atom. The second kappa shape index (κ2) is 21.7. The van der Waals surface area contributed by atoms with Gasteiger partial charge in [0.1, 0.15) is 85.5 Å². The SMILES string of the molecule is C/C(=C/C[C@H](O)[C@@H](C)[C@H]1CC[C@@]2(C)[C@H]3CC[C@@H]4C(C)(C)[C@@H](O[C@@H]5O[C@H](C)[C@H](O[C@@H]6O[C@H](CO[C@@H]7O[C@H](CO)[C@@H](O)[C@H](O)[C@H]7O)[C@@H](O)[C@H](O)[C@H]6O[C@H]6O[C@@H](C)[C@H](O)[C@@H](O)[C@H]6O)[C@H](O)[C@H]5O)CC[C@@]45C[C@@]35CC[C@]12C)CO. The number of aliphatic hydroxyl groups is 13. The van der Waals surface area contributed by atoms with Crippen molar-refractivity contribution in [2.24, 2.45) is 50.7 Å². The van der Waals surface area contributed by atoms with Crippen LogP contribution in [0.25, 0.3) is 0 Å². The molecule has 9 aliphatic rings. The molecule has 0 aromatic heterocycles. The van der Waals surface area contributed by atoms with Crippen molar-refractivity contribution in [1.29, 1.82) is 0 Å². The van der Waals surface area contributed by atoms with Crippen molar-refractivity contribution < 1.29 is 104 Å². The molecule has 432 valence electrons. The van der Waals surface area contributed by atoms with Crippen LogP contribution in [-0.2, 0) is 37.9 Å². The van der Waals surface area contributed by atoms with Crippen LogP contribution >= 0.6 is 0 Å². The maximum Gasteiger partial charge on any atom is 0.187 e. The number of fused-ring (bicyclic) bond motifs is 2. The van der Waals surface area contributed by atoms with Gasteiger partial charge >= 0.3 is 0 Å². The Labute approximate surface area is 440 Å². The van der Waals surface area contributed by atoms with Crippen LogP contribution in [0.2, 0.25) is 0 Å². The molecule has 4 aliphatic heterocycles.